The quantitative estimate of drug-likeness (QED) is 0.681. The van der Waals surface area contributed by atoms with E-state index in [1.54, 1.807) is 0 Å². The molecule has 0 unspecified atom stereocenters. The molecule has 0 aliphatic rings. The lowest BCUT2D eigenvalue weighted by Crippen LogP contribution is -1.95. The van der Waals surface area contributed by atoms with Crippen LogP contribution in [0.1, 0.15) is 18.1 Å². The Labute approximate surface area is 123 Å². The number of hydrogen-bond donors (Lipinski definition) is 1. The fraction of sp³-hybridized carbons (Fsp3) is 0.111. The number of benzene rings is 2. The lowest BCUT2D eigenvalue weighted by atomic mass is 9.92. The van der Waals surface area contributed by atoms with Gasteiger partial charge in [0.1, 0.15) is 6.07 Å². The summed E-state index contributed by atoms with van der Waals surface area (Å²) in [6, 6.07) is 17.4. The summed E-state index contributed by atoms with van der Waals surface area (Å²) in [5.41, 5.74) is 3.79. The summed E-state index contributed by atoms with van der Waals surface area (Å²) in [5, 5.41) is 18.2. The highest BCUT2D eigenvalue weighted by atomic mass is 16.4. The third-order valence-corrected chi connectivity index (χ3v) is 3.26. The van der Waals surface area contributed by atoms with E-state index >= 15 is 0 Å². The summed E-state index contributed by atoms with van der Waals surface area (Å²) < 4.78 is 0. The molecule has 21 heavy (non-hydrogen) atoms. The summed E-state index contributed by atoms with van der Waals surface area (Å²) >= 11 is 0. The molecule has 3 heteroatoms. The molecule has 3 nitrogen and oxygen atoms in total. The number of aryl methyl sites for hydroxylation is 1. The fourth-order valence-corrected chi connectivity index (χ4v) is 2.20. The van der Waals surface area contributed by atoms with Crippen molar-refractivity contribution in [1.29, 1.82) is 5.26 Å². The van der Waals surface area contributed by atoms with Gasteiger partial charge in [-0.1, -0.05) is 55.5 Å². The van der Waals surface area contributed by atoms with Crippen molar-refractivity contribution >= 4 is 11.5 Å². The Morgan fingerprint density at radius 3 is 2.52 bits per heavy atom. The lowest BCUT2D eigenvalue weighted by Gasteiger charge is -2.11. The number of allylic oxidation sites excluding steroid dienone is 1. The minimum absolute atomic E-state index is 0.156. The predicted molar refractivity (Wildman–Crippen MR) is 82.5 cm³/mol. The Morgan fingerprint density at radius 2 is 1.95 bits per heavy atom. The molecule has 0 saturated carbocycles. The molecular weight excluding hydrogens is 262 g/mol. The molecule has 0 aromatic heterocycles. The molecule has 0 aliphatic heterocycles. The van der Waals surface area contributed by atoms with Crippen molar-refractivity contribution in [2.75, 3.05) is 0 Å². The first-order valence-corrected chi connectivity index (χ1v) is 6.69. The van der Waals surface area contributed by atoms with E-state index in [-0.39, 0.29) is 5.57 Å². The first-order chi connectivity index (χ1) is 10.2. The van der Waals surface area contributed by atoms with E-state index in [0.717, 1.165) is 29.2 Å². The highest BCUT2D eigenvalue weighted by molar-refractivity contribution is 5.97. The van der Waals surface area contributed by atoms with Gasteiger partial charge in [-0.15, -0.1) is 0 Å². The molecule has 0 radical (unpaired) electrons. The zero-order valence-electron chi connectivity index (χ0n) is 11.7. The number of nitriles is 1. The zero-order chi connectivity index (χ0) is 15.2. The predicted octanol–water partition coefficient (Wildman–Crippen LogP) is 3.91. The second-order valence-corrected chi connectivity index (χ2v) is 4.61. The molecule has 2 rings (SSSR count). The molecule has 0 heterocycles. The zero-order valence-corrected chi connectivity index (χ0v) is 11.7. The van der Waals surface area contributed by atoms with Crippen molar-refractivity contribution in [3.63, 3.8) is 0 Å². The number of carboxylic acids is 1. The first kappa shape index (κ1) is 14.5. The van der Waals surface area contributed by atoms with Crippen molar-refractivity contribution < 1.29 is 9.90 Å². The number of carbonyl (C=O) groups is 1. The molecule has 0 fully saturated rings. The maximum absolute atomic E-state index is 10.9. The Balaban J connectivity index is 2.67. The lowest BCUT2D eigenvalue weighted by molar-refractivity contribution is -0.131. The molecule has 1 N–H and O–H groups in total. The summed E-state index contributed by atoms with van der Waals surface area (Å²) in [7, 11) is 0. The van der Waals surface area contributed by atoms with E-state index in [0.29, 0.717) is 5.56 Å². The summed E-state index contributed by atoms with van der Waals surface area (Å²) in [6.07, 6.45) is 1.83. The smallest absolute Gasteiger partial charge is 0.329 e. The Morgan fingerprint density at radius 1 is 1.24 bits per heavy atom. The van der Waals surface area contributed by atoms with Gasteiger partial charge >= 0.3 is 5.97 Å². The Hall–Kier alpha value is -2.86. The van der Waals surface area contributed by atoms with Gasteiger partial charge in [0, 0.05) is 11.6 Å². The van der Waals surface area contributed by atoms with Crippen LogP contribution in [-0.2, 0) is 11.2 Å². The molecule has 0 bridgehead atoms. The van der Waals surface area contributed by atoms with E-state index in [1.807, 2.05) is 54.6 Å². The van der Waals surface area contributed by atoms with Crippen LogP contribution in [0.5, 0.6) is 0 Å². The number of hydrogen-bond acceptors (Lipinski definition) is 2. The Kier molecular flexibility index (Phi) is 4.53. The molecule has 0 atom stereocenters. The van der Waals surface area contributed by atoms with Gasteiger partial charge in [0.15, 0.2) is 0 Å². The van der Waals surface area contributed by atoms with Crippen LogP contribution in [0.25, 0.3) is 16.7 Å². The first-order valence-electron chi connectivity index (χ1n) is 6.69. The molecule has 0 amide bonds. The molecule has 0 spiro atoms. The van der Waals surface area contributed by atoms with Crippen LogP contribution in [0.3, 0.4) is 0 Å². The molecule has 104 valence electrons. The van der Waals surface area contributed by atoms with Crippen LogP contribution < -0.4 is 0 Å². The highest BCUT2D eigenvalue weighted by Crippen LogP contribution is 2.30. The van der Waals surface area contributed by atoms with Crippen LogP contribution in [0, 0.1) is 11.3 Å². The van der Waals surface area contributed by atoms with Crippen LogP contribution in [0.2, 0.25) is 0 Å². The largest absolute Gasteiger partial charge is 0.478 e. The van der Waals surface area contributed by atoms with Gasteiger partial charge in [-0.3, -0.25) is 0 Å². The van der Waals surface area contributed by atoms with Crippen molar-refractivity contribution in [2.45, 2.75) is 13.3 Å². The van der Waals surface area contributed by atoms with E-state index in [9.17, 15) is 10.1 Å². The minimum atomic E-state index is -1.12. The van der Waals surface area contributed by atoms with E-state index in [1.165, 1.54) is 0 Å². The summed E-state index contributed by atoms with van der Waals surface area (Å²) in [6.45, 7) is 2.06. The minimum Gasteiger partial charge on any atom is -0.478 e. The molecule has 2 aromatic rings. The van der Waals surface area contributed by atoms with Gasteiger partial charge in [-0.2, -0.15) is 5.26 Å². The second-order valence-electron chi connectivity index (χ2n) is 4.61. The second kappa shape index (κ2) is 6.53. The van der Waals surface area contributed by atoms with Crippen molar-refractivity contribution in [3.05, 3.63) is 65.7 Å². The number of carboxylic acid groups (broad SMARTS) is 1. The van der Waals surface area contributed by atoms with E-state index < -0.39 is 5.97 Å². The topological polar surface area (TPSA) is 61.1 Å². The van der Waals surface area contributed by atoms with E-state index in [2.05, 4.69) is 6.92 Å². The van der Waals surface area contributed by atoms with Crippen molar-refractivity contribution in [2.24, 2.45) is 0 Å². The van der Waals surface area contributed by atoms with Crippen LogP contribution in [0.4, 0.5) is 0 Å². The molecular formula is C18H15NO2. The Bertz CT molecular complexity index is 725. The normalized spacial score (nSPS) is 11.0. The van der Waals surface area contributed by atoms with Gasteiger partial charge in [0.05, 0.1) is 5.57 Å². The monoisotopic (exact) mass is 277 g/mol. The van der Waals surface area contributed by atoms with Gasteiger partial charge in [-0.25, -0.2) is 4.79 Å². The molecule has 2 aromatic carbocycles. The fourth-order valence-electron chi connectivity index (χ4n) is 2.20. The van der Waals surface area contributed by atoms with Crippen LogP contribution in [-0.4, -0.2) is 11.1 Å². The van der Waals surface area contributed by atoms with E-state index in [4.69, 9.17) is 5.11 Å². The maximum atomic E-state index is 10.9. The third-order valence-electron chi connectivity index (χ3n) is 3.26. The average molecular weight is 277 g/mol. The number of aliphatic carboxylic acids is 1. The molecule has 0 saturated heterocycles. The van der Waals surface area contributed by atoms with Crippen molar-refractivity contribution in [3.8, 4) is 17.2 Å². The van der Waals surface area contributed by atoms with Gasteiger partial charge in [0.25, 0.3) is 0 Å². The average Bonchev–Trinajstić information content (AvgIpc) is 2.52. The number of nitrogens with zero attached hydrogens (tertiary/aromatic N) is 1. The SMILES string of the molecule is CCc1ccc(C(C#N)=CC(=O)O)c(-c2ccccc2)c1. The number of rotatable bonds is 4. The summed E-state index contributed by atoms with van der Waals surface area (Å²) in [4.78, 5) is 10.9. The van der Waals surface area contributed by atoms with Crippen LogP contribution >= 0.6 is 0 Å². The van der Waals surface area contributed by atoms with Gasteiger partial charge in [-0.05, 0) is 23.1 Å². The van der Waals surface area contributed by atoms with Crippen LogP contribution in [0.15, 0.2) is 54.6 Å². The van der Waals surface area contributed by atoms with Crippen molar-refractivity contribution in [1.82, 2.24) is 0 Å². The van der Waals surface area contributed by atoms with Gasteiger partial charge in [0.2, 0.25) is 0 Å². The standard InChI is InChI=1S/C18H15NO2/c1-2-13-8-9-16(15(12-19)11-18(20)21)17(10-13)14-6-4-3-5-7-14/h3-11H,2H2,1H3,(H,20,21). The third kappa shape index (κ3) is 3.37. The summed E-state index contributed by atoms with van der Waals surface area (Å²) in [5.74, 6) is -1.12. The maximum Gasteiger partial charge on any atom is 0.329 e. The molecule has 0 aliphatic carbocycles. The highest BCUT2D eigenvalue weighted by Gasteiger charge is 2.11. The van der Waals surface area contributed by atoms with Gasteiger partial charge < -0.3 is 5.11 Å².